The van der Waals surface area contributed by atoms with Crippen molar-refractivity contribution in [2.45, 2.75) is 6.92 Å². The third-order valence-electron chi connectivity index (χ3n) is 2.12. The minimum absolute atomic E-state index is 0.667. The van der Waals surface area contributed by atoms with Gasteiger partial charge in [0.05, 0.1) is 12.7 Å². The van der Waals surface area contributed by atoms with Gasteiger partial charge in [-0.2, -0.15) is 0 Å². The van der Waals surface area contributed by atoms with Gasteiger partial charge in [-0.3, -0.25) is 0 Å². The van der Waals surface area contributed by atoms with E-state index < -0.39 is 0 Å². The molecular weight excluding hydrogens is 212 g/mol. The summed E-state index contributed by atoms with van der Waals surface area (Å²) in [6.07, 6.45) is 1.77. The lowest BCUT2D eigenvalue weighted by molar-refractivity contribution is 0.416. The number of methoxy groups -OCH3 is 1. The Hall–Kier alpha value is -1.48. The summed E-state index contributed by atoms with van der Waals surface area (Å²) in [6, 6.07) is 5.45. The number of benzene rings is 1. The molecule has 2 rings (SSSR count). The molecule has 0 aliphatic carbocycles. The minimum atomic E-state index is 0.667. The summed E-state index contributed by atoms with van der Waals surface area (Å²) in [5.74, 6) is 1.53. The first kappa shape index (κ1) is 10.1. The van der Waals surface area contributed by atoms with Gasteiger partial charge >= 0.3 is 0 Å². The van der Waals surface area contributed by atoms with Crippen LogP contribution >= 0.6 is 11.6 Å². The molecule has 0 atom stereocenters. The van der Waals surface area contributed by atoms with E-state index >= 15 is 0 Å². The fraction of sp³-hybridized carbons (Fsp3) is 0.182. The van der Waals surface area contributed by atoms with Gasteiger partial charge in [0, 0.05) is 16.9 Å². The van der Waals surface area contributed by atoms with Gasteiger partial charge in [0.2, 0.25) is 0 Å². The first-order valence-corrected chi connectivity index (χ1v) is 4.94. The van der Waals surface area contributed by atoms with Crippen molar-refractivity contribution in [2.24, 2.45) is 0 Å². The summed E-state index contributed by atoms with van der Waals surface area (Å²) in [5.41, 5.74) is 1.88. The SMILES string of the molecule is COc1ccc(Cl)cc1-c1ncc(C)[nH]1. The molecule has 1 N–H and O–H groups in total. The van der Waals surface area contributed by atoms with Gasteiger partial charge in [-0.1, -0.05) is 11.6 Å². The Morgan fingerprint density at radius 2 is 2.20 bits per heavy atom. The van der Waals surface area contributed by atoms with Crippen molar-refractivity contribution in [3.63, 3.8) is 0 Å². The Morgan fingerprint density at radius 3 is 2.80 bits per heavy atom. The summed E-state index contributed by atoms with van der Waals surface area (Å²) >= 11 is 5.93. The molecule has 0 aliphatic heterocycles. The van der Waals surface area contributed by atoms with Crippen LogP contribution in [0.15, 0.2) is 24.4 Å². The van der Waals surface area contributed by atoms with Gasteiger partial charge in [-0.25, -0.2) is 4.98 Å². The second kappa shape index (κ2) is 3.95. The second-order valence-corrected chi connectivity index (χ2v) is 3.70. The van der Waals surface area contributed by atoms with Crippen LogP contribution in [0.4, 0.5) is 0 Å². The lowest BCUT2D eigenvalue weighted by atomic mass is 10.2. The van der Waals surface area contributed by atoms with E-state index in [1.165, 1.54) is 0 Å². The third-order valence-corrected chi connectivity index (χ3v) is 2.35. The number of ether oxygens (including phenoxy) is 1. The standard InChI is InChI=1S/C11H11ClN2O/c1-7-6-13-11(14-7)9-5-8(12)3-4-10(9)15-2/h3-6H,1-2H3,(H,13,14). The van der Waals surface area contributed by atoms with Crippen molar-refractivity contribution in [2.75, 3.05) is 7.11 Å². The van der Waals surface area contributed by atoms with E-state index in [4.69, 9.17) is 16.3 Å². The molecule has 0 radical (unpaired) electrons. The number of hydrogen-bond acceptors (Lipinski definition) is 2. The molecule has 0 unspecified atom stereocenters. The zero-order valence-electron chi connectivity index (χ0n) is 8.54. The molecule has 0 saturated carbocycles. The number of aromatic nitrogens is 2. The zero-order chi connectivity index (χ0) is 10.8. The van der Waals surface area contributed by atoms with Crippen molar-refractivity contribution in [1.82, 2.24) is 9.97 Å². The Labute approximate surface area is 93.1 Å². The van der Waals surface area contributed by atoms with Gasteiger partial charge in [0.25, 0.3) is 0 Å². The molecule has 0 amide bonds. The van der Waals surface area contributed by atoms with Gasteiger partial charge in [0.1, 0.15) is 11.6 Å². The Morgan fingerprint density at radius 1 is 1.40 bits per heavy atom. The van der Waals surface area contributed by atoms with Crippen molar-refractivity contribution in [3.05, 3.63) is 35.1 Å². The van der Waals surface area contributed by atoms with E-state index in [0.717, 1.165) is 22.8 Å². The summed E-state index contributed by atoms with van der Waals surface area (Å²) < 4.78 is 5.25. The van der Waals surface area contributed by atoms with Gasteiger partial charge < -0.3 is 9.72 Å². The van der Waals surface area contributed by atoms with Crippen molar-refractivity contribution >= 4 is 11.6 Å². The number of imidazole rings is 1. The lowest BCUT2D eigenvalue weighted by Crippen LogP contribution is -1.89. The van der Waals surface area contributed by atoms with Crippen LogP contribution in [0.3, 0.4) is 0 Å². The van der Waals surface area contributed by atoms with E-state index in [9.17, 15) is 0 Å². The van der Waals surface area contributed by atoms with E-state index in [-0.39, 0.29) is 0 Å². The Bertz CT molecular complexity index is 479. The monoisotopic (exact) mass is 222 g/mol. The highest BCUT2D eigenvalue weighted by Crippen LogP contribution is 2.30. The van der Waals surface area contributed by atoms with Crippen LogP contribution < -0.4 is 4.74 Å². The molecule has 0 bridgehead atoms. The van der Waals surface area contributed by atoms with E-state index in [2.05, 4.69) is 9.97 Å². The summed E-state index contributed by atoms with van der Waals surface area (Å²) in [4.78, 5) is 7.39. The van der Waals surface area contributed by atoms with Crippen LogP contribution in [0.2, 0.25) is 5.02 Å². The second-order valence-electron chi connectivity index (χ2n) is 3.26. The number of aromatic amines is 1. The first-order valence-electron chi connectivity index (χ1n) is 4.56. The quantitative estimate of drug-likeness (QED) is 0.848. The predicted octanol–water partition coefficient (Wildman–Crippen LogP) is 3.05. The number of H-pyrrole nitrogens is 1. The molecule has 2 aromatic rings. The highest BCUT2D eigenvalue weighted by molar-refractivity contribution is 6.30. The number of nitrogens with one attached hydrogen (secondary N) is 1. The zero-order valence-corrected chi connectivity index (χ0v) is 9.30. The summed E-state index contributed by atoms with van der Waals surface area (Å²) in [6.45, 7) is 1.95. The molecule has 1 heterocycles. The first-order chi connectivity index (χ1) is 7.20. The van der Waals surface area contributed by atoms with Crippen LogP contribution in [0.25, 0.3) is 11.4 Å². The molecular formula is C11H11ClN2O. The fourth-order valence-corrected chi connectivity index (χ4v) is 1.59. The average molecular weight is 223 g/mol. The van der Waals surface area contributed by atoms with Gasteiger partial charge in [-0.05, 0) is 25.1 Å². The maximum absolute atomic E-state index is 5.93. The molecule has 78 valence electrons. The van der Waals surface area contributed by atoms with E-state index in [1.54, 1.807) is 19.4 Å². The molecule has 4 heteroatoms. The lowest BCUT2D eigenvalue weighted by Gasteiger charge is -2.06. The fourth-order valence-electron chi connectivity index (χ4n) is 1.41. The largest absolute Gasteiger partial charge is 0.496 e. The minimum Gasteiger partial charge on any atom is -0.496 e. The summed E-state index contributed by atoms with van der Waals surface area (Å²) in [7, 11) is 1.63. The van der Waals surface area contributed by atoms with Crippen LogP contribution in [0.1, 0.15) is 5.69 Å². The molecule has 1 aromatic heterocycles. The highest BCUT2D eigenvalue weighted by atomic mass is 35.5. The van der Waals surface area contributed by atoms with E-state index in [1.807, 2.05) is 19.1 Å². The third kappa shape index (κ3) is 1.97. The van der Waals surface area contributed by atoms with Crippen LogP contribution in [0, 0.1) is 6.92 Å². The van der Waals surface area contributed by atoms with E-state index in [0.29, 0.717) is 5.02 Å². The van der Waals surface area contributed by atoms with Gasteiger partial charge in [-0.15, -0.1) is 0 Å². The number of halogens is 1. The smallest absolute Gasteiger partial charge is 0.141 e. The topological polar surface area (TPSA) is 37.9 Å². The van der Waals surface area contributed by atoms with Crippen molar-refractivity contribution in [1.29, 1.82) is 0 Å². The maximum Gasteiger partial charge on any atom is 0.141 e. The van der Waals surface area contributed by atoms with Crippen LogP contribution in [-0.4, -0.2) is 17.1 Å². The van der Waals surface area contributed by atoms with Crippen molar-refractivity contribution < 1.29 is 4.74 Å². The number of aryl methyl sites for hydroxylation is 1. The molecule has 15 heavy (non-hydrogen) atoms. The number of hydrogen-bond donors (Lipinski definition) is 1. The molecule has 3 nitrogen and oxygen atoms in total. The molecule has 0 spiro atoms. The van der Waals surface area contributed by atoms with Crippen molar-refractivity contribution in [3.8, 4) is 17.1 Å². The van der Waals surface area contributed by atoms with Gasteiger partial charge in [0.15, 0.2) is 0 Å². The van der Waals surface area contributed by atoms with Crippen LogP contribution in [0.5, 0.6) is 5.75 Å². The normalized spacial score (nSPS) is 10.3. The Kier molecular flexibility index (Phi) is 2.64. The predicted molar refractivity (Wildman–Crippen MR) is 60.3 cm³/mol. The number of nitrogens with zero attached hydrogens (tertiary/aromatic N) is 1. The number of rotatable bonds is 2. The Balaban J connectivity index is 2.55. The maximum atomic E-state index is 5.93. The summed E-state index contributed by atoms with van der Waals surface area (Å²) in [5, 5.41) is 0.667. The molecule has 0 aliphatic rings. The highest BCUT2D eigenvalue weighted by Gasteiger charge is 2.09. The van der Waals surface area contributed by atoms with Crippen LogP contribution in [-0.2, 0) is 0 Å². The molecule has 1 aromatic carbocycles. The molecule has 0 fully saturated rings. The molecule has 0 saturated heterocycles. The average Bonchev–Trinajstić information content (AvgIpc) is 2.65.